The Morgan fingerprint density at radius 2 is 1.25 bits per heavy atom. The van der Waals surface area contributed by atoms with Crippen LogP contribution >= 0.6 is 30.7 Å². The first kappa shape index (κ1) is 37.1. The summed E-state index contributed by atoms with van der Waals surface area (Å²) >= 11 is 4.08. The number of rotatable bonds is 9. The Morgan fingerprint density at radius 3 is 1.80 bits per heavy atom. The van der Waals surface area contributed by atoms with E-state index in [1.54, 1.807) is 17.9 Å². The van der Waals surface area contributed by atoms with Crippen molar-refractivity contribution in [3.63, 3.8) is 0 Å². The molecule has 0 aliphatic carbocycles. The van der Waals surface area contributed by atoms with Gasteiger partial charge in [-0.1, -0.05) is 6.08 Å². The molecule has 273 valence electrons. The summed E-state index contributed by atoms with van der Waals surface area (Å²) in [5.74, 6) is 0. The Hall–Kier alpha value is -4.89. The summed E-state index contributed by atoms with van der Waals surface area (Å²) < 4.78 is 29.3. The topological polar surface area (TPSA) is 113 Å². The summed E-state index contributed by atoms with van der Waals surface area (Å²) in [7, 11) is -2.62. The molecule has 1 saturated heterocycles. The van der Waals surface area contributed by atoms with Crippen molar-refractivity contribution in [3.05, 3.63) is 149 Å². The van der Waals surface area contributed by atoms with Crippen molar-refractivity contribution in [1.82, 2.24) is 17.5 Å². The Morgan fingerprint density at radius 1 is 0.745 bits per heavy atom. The number of benzene rings is 5. The second-order valence-corrected chi connectivity index (χ2v) is 18.1. The maximum absolute atomic E-state index is 7.24. The first-order valence-corrected chi connectivity index (χ1v) is 22.4. The van der Waals surface area contributed by atoms with E-state index >= 15 is 0 Å². The van der Waals surface area contributed by atoms with Crippen LogP contribution in [0.5, 0.6) is 0 Å². The van der Waals surface area contributed by atoms with E-state index in [4.69, 9.17) is 29.3 Å². The van der Waals surface area contributed by atoms with Crippen LogP contribution in [-0.2, 0) is 22.7 Å². The van der Waals surface area contributed by atoms with Gasteiger partial charge in [-0.05, 0) is 6.92 Å². The van der Waals surface area contributed by atoms with Crippen molar-refractivity contribution in [2.75, 3.05) is 24.7 Å². The first-order valence-electron chi connectivity index (χ1n) is 17.9. The van der Waals surface area contributed by atoms with Crippen molar-refractivity contribution in [1.29, 1.82) is 0 Å². The fourth-order valence-electron chi connectivity index (χ4n) is 7.54. The second kappa shape index (κ2) is 16.1. The standard InChI is InChI=1S/C44H37N6OPS2.Os/c1-4-15-29-24-37(45)39(43-41(29)47-53-49-43)40-38(46)25-36(42-44(40)50-54-48-42)35(23-31-27-51-26-30(31)16-5-2)28(3)52(32-17-9-6-10-18-32,33-19-11-7-12-20-33)34-21-13-8-14-22-34;/h4,6-25H,5,26-27,45-46H2,1-2H3;/q+1;/b15-4+,30-16?,31-23?,35-28?;. The summed E-state index contributed by atoms with van der Waals surface area (Å²) in [4.78, 5) is 0. The van der Waals surface area contributed by atoms with Gasteiger partial charge in [0.25, 0.3) is 0 Å². The van der Waals surface area contributed by atoms with E-state index < -0.39 is 7.26 Å². The average molecular weight is 951 g/mol. The molecule has 0 atom stereocenters. The summed E-state index contributed by atoms with van der Waals surface area (Å²) in [6.07, 6.45) is 9.43. The van der Waals surface area contributed by atoms with Gasteiger partial charge in [0.1, 0.15) is 0 Å². The zero-order chi connectivity index (χ0) is 37.9. The van der Waals surface area contributed by atoms with Crippen LogP contribution in [0.25, 0.3) is 44.8 Å². The molecule has 1 aliphatic rings. The molecular formula is C44H37N6OOsPS2+. The van der Waals surface area contributed by atoms with Crippen LogP contribution in [0.2, 0.25) is 0 Å². The third-order valence-corrected chi connectivity index (χ3v) is 16.3. The van der Waals surface area contributed by atoms with E-state index in [0.29, 0.717) is 41.2 Å². The SMILES string of the molecule is C/C=C/c1cc(N)c(-c2c(N)cc(C(C=C3COCC3=CCC)=C([C]#[Os])[P+](c3ccccc3)(c3ccccc3)c3ccccc3)c3nsnc23)c2nsnc12. The van der Waals surface area contributed by atoms with E-state index in [2.05, 4.69) is 119 Å². The molecule has 0 unspecified atom stereocenters. The zero-order valence-electron chi connectivity index (χ0n) is 30.2. The molecule has 11 heteroatoms. The zero-order valence-corrected chi connectivity index (χ0v) is 35.3. The molecule has 4 N–H and O–H groups in total. The van der Waals surface area contributed by atoms with Crippen LogP contribution in [0.15, 0.2) is 138 Å². The number of hydrogen-bond acceptors (Lipinski definition) is 9. The van der Waals surface area contributed by atoms with E-state index in [0.717, 1.165) is 74.1 Å². The Kier molecular flexibility index (Phi) is 10.8. The van der Waals surface area contributed by atoms with Crippen LogP contribution < -0.4 is 27.4 Å². The third-order valence-electron chi connectivity index (χ3n) is 9.86. The minimum absolute atomic E-state index is 0.498. The predicted octanol–water partition coefficient (Wildman–Crippen LogP) is 9.06. The number of nitrogens with zero attached hydrogens (tertiary/aromatic N) is 4. The van der Waals surface area contributed by atoms with Gasteiger partial charge in [0.15, 0.2) is 0 Å². The van der Waals surface area contributed by atoms with Gasteiger partial charge in [-0.15, -0.1) is 0 Å². The van der Waals surface area contributed by atoms with E-state index in [1.165, 1.54) is 21.5 Å². The first-order chi connectivity index (χ1) is 27.0. The molecule has 0 spiro atoms. The molecule has 2 aromatic heterocycles. The molecular weight excluding hydrogens is 914 g/mol. The minimum atomic E-state index is -2.62. The van der Waals surface area contributed by atoms with Crippen molar-refractivity contribution in [2.45, 2.75) is 20.3 Å². The van der Waals surface area contributed by atoms with Crippen LogP contribution in [0.3, 0.4) is 0 Å². The van der Waals surface area contributed by atoms with E-state index in [9.17, 15) is 0 Å². The van der Waals surface area contributed by atoms with Crippen molar-refractivity contribution in [3.8, 4) is 15.5 Å². The number of ether oxygens (including phenoxy) is 1. The van der Waals surface area contributed by atoms with E-state index in [-0.39, 0.29) is 0 Å². The number of nitrogens with two attached hydrogens (primary N) is 2. The molecule has 0 amide bonds. The van der Waals surface area contributed by atoms with Crippen LogP contribution in [0, 0.1) is 4.37 Å². The number of anilines is 2. The summed E-state index contributed by atoms with van der Waals surface area (Å²) in [5.41, 5.74) is 24.6. The molecule has 0 radical (unpaired) electrons. The second-order valence-electron chi connectivity index (χ2n) is 13.1. The van der Waals surface area contributed by atoms with Gasteiger partial charge in [0.05, 0.1) is 0 Å². The van der Waals surface area contributed by atoms with Gasteiger partial charge in [0.2, 0.25) is 0 Å². The van der Waals surface area contributed by atoms with Gasteiger partial charge in [-0.2, -0.15) is 0 Å². The van der Waals surface area contributed by atoms with Gasteiger partial charge in [-0.25, -0.2) is 0 Å². The summed E-state index contributed by atoms with van der Waals surface area (Å²) in [6.45, 7) is 5.19. The molecule has 0 bridgehead atoms. The van der Waals surface area contributed by atoms with E-state index in [1.807, 2.05) is 31.2 Å². The average Bonchev–Trinajstić information content (AvgIpc) is 4.01. The summed E-state index contributed by atoms with van der Waals surface area (Å²) in [6, 6.07) is 36.5. The molecule has 55 heavy (non-hydrogen) atoms. The van der Waals surface area contributed by atoms with Gasteiger partial charge >= 0.3 is 328 Å². The number of fused-ring (bicyclic) bond motifs is 2. The van der Waals surface area contributed by atoms with Crippen molar-refractivity contribution in [2.24, 2.45) is 0 Å². The van der Waals surface area contributed by atoms with Gasteiger partial charge in [0, 0.05) is 0 Å². The molecule has 1 aliphatic heterocycles. The van der Waals surface area contributed by atoms with Gasteiger partial charge < -0.3 is 0 Å². The quantitative estimate of drug-likeness (QED) is 0.110. The van der Waals surface area contributed by atoms with Crippen LogP contribution in [-0.4, -0.2) is 30.7 Å². The van der Waals surface area contributed by atoms with Crippen molar-refractivity contribution < 1.29 is 22.7 Å². The van der Waals surface area contributed by atoms with Crippen molar-refractivity contribution >= 4 is 91.7 Å². The monoisotopic (exact) mass is 952 g/mol. The molecule has 1 fully saturated rings. The Bertz CT molecular complexity index is 2620. The maximum atomic E-state index is 7.24. The molecule has 8 rings (SSSR count). The Labute approximate surface area is 339 Å². The fraction of sp³-hybridized carbons (Fsp3) is 0.114. The molecule has 3 heterocycles. The van der Waals surface area contributed by atoms with Crippen LogP contribution in [0.4, 0.5) is 11.4 Å². The third kappa shape index (κ3) is 6.54. The Balaban J connectivity index is 1.53. The fourth-order valence-corrected chi connectivity index (χ4v) is 14.5. The predicted molar refractivity (Wildman–Crippen MR) is 231 cm³/mol. The van der Waals surface area contributed by atoms with Gasteiger partial charge in [-0.3, -0.25) is 0 Å². The number of nitrogen functional groups attached to an aromatic ring is 2. The number of hydrogen-bond donors (Lipinski definition) is 2. The number of aromatic nitrogens is 4. The molecule has 7 nitrogen and oxygen atoms in total. The summed E-state index contributed by atoms with van der Waals surface area (Å²) in [5, 5.41) is 4.73. The molecule has 0 saturated carbocycles. The number of allylic oxidation sites excluding steroid dienone is 5. The van der Waals surface area contributed by atoms with Crippen LogP contribution in [0.1, 0.15) is 31.4 Å². The molecule has 7 aromatic rings. The molecule has 5 aromatic carbocycles. The normalized spacial score (nSPS) is 15.4.